The van der Waals surface area contributed by atoms with Crippen molar-refractivity contribution in [1.82, 2.24) is 15.5 Å². The monoisotopic (exact) mass is 409 g/mol. The minimum absolute atomic E-state index is 0.0370. The Morgan fingerprint density at radius 2 is 2.14 bits per heavy atom. The molecule has 0 aliphatic carbocycles. The van der Waals surface area contributed by atoms with Crippen molar-refractivity contribution in [3.8, 4) is 17.1 Å². The molecule has 2 heterocycles. The second-order valence-electron chi connectivity index (χ2n) is 7.09. The van der Waals surface area contributed by atoms with Gasteiger partial charge in [0.25, 0.3) is 0 Å². The van der Waals surface area contributed by atoms with Gasteiger partial charge in [0.2, 0.25) is 11.7 Å². The summed E-state index contributed by atoms with van der Waals surface area (Å²) in [5, 5.41) is 7.07. The number of allylic oxidation sites excluding steroid dienone is 1. The van der Waals surface area contributed by atoms with Crippen LogP contribution in [0.5, 0.6) is 5.75 Å². The van der Waals surface area contributed by atoms with Crippen LogP contribution in [0.4, 0.5) is 13.2 Å². The van der Waals surface area contributed by atoms with E-state index in [1.807, 2.05) is 6.08 Å². The van der Waals surface area contributed by atoms with Gasteiger partial charge in [0, 0.05) is 5.56 Å². The minimum Gasteiger partial charge on any atom is -0.489 e. The molecule has 1 atom stereocenters. The lowest BCUT2D eigenvalue weighted by molar-refractivity contribution is -0.138. The fraction of sp³-hybridized carbons (Fsp3) is 0.524. The van der Waals surface area contributed by atoms with Crippen LogP contribution in [0.2, 0.25) is 0 Å². The smallest absolute Gasteiger partial charge is 0.419 e. The lowest BCUT2D eigenvalue weighted by Gasteiger charge is -2.14. The fourth-order valence-electron chi connectivity index (χ4n) is 3.24. The van der Waals surface area contributed by atoms with E-state index in [1.165, 1.54) is 12.1 Å². The number of hydrogen-bond acceptors (Lipinski definition) is 5. The number of rotatable bonds is 9. The van der Waals surface area contributed by atoms with Crippen LogP contribution in [0, 0.1) is 0 Å². The molecule has 0 bridgehead atoms. The van der Waals surface area contributed by atoms with Gasteiger partial charge in [-0.25, -0.2) is 0 Å². The van der Waals surface area contributed by atoms with Crippen LogP contribution < -0.4 is 10.1 Å². The summed E-state index contributed by atoms with van der Waals surface area (Å²) in [7, 11) is 0. The Morgan fingerprint density at radius 1 is 1.28 bits per heavy atom. The zero-order chi connectivity index (χ0) is 20.7. The van der Waals surface area contributed by atoms with E-state index in [0.29, 0.717) is 5.89 Å². The van der Waals surface area contributed by atoms with Gasteiger partial charge < -0.3 is 14.6 Å². The van der Waals surface area contributed by atoms with Gasteiger partial charge >= 0.3 is 6.18 Å². The summed E-state index contributed by atoms with van der Waals surface area (Å²) < 4.78 is 51.2. The first-order chi connectivity index (χ1) is 14.0. The third-order valence-corrected chi connectivity index (χ3v) is 4.82. The Balaban J connectivity index is 1.71. The van der Waals surface area contributed by atoms with Crippen LogP contribution in [-0.2, 0) is 6.18 Å². The van der Waals surface area contributed by atoms with E-state index in [9.17, 15) is 13.2 Å². The summed E-state index contributed by atoms with van der Waals surface area (Å²) in [5.74, 6) is 0.335. The van der Waals surface area contributed by atoms with Crippen molar-refractivity contribution < 1.29 is 22.4 Å². The summed E-state index contributed by atoms with van der Waals surface area (Å²) in [6, 6.07) is 3.81. The topological polar surface area (TPSA) is 60.2 Å². The van der Waals surface area contributed by atoms with Crippen LogP contribution in [-0.4, -0.2) is 23.3 Å². The highest BCUT2D eigenvalue weighted by atomic mass is 19.4. The first kappa shape index (κ1) is 21.4. The Bertz CT molecular complexity index is 812. The molecular weight excluding hydrogens is 383 g/mol. The van der Waals surface area contributed by atoms with Crippen molar-refractivity contribution in [2.75, 3.05) is 13.2 Å². The predicted octanol–water partition coefficient (Wildman–Crippen LogP) is 5.70. The second-order valence-corrected chi connectivity index (χ2v) is 7.09. The SMILES string of the molecule is CCCCC/C=C/COc1ccc(-c2noc(C3CCCN3)n2)cc1C(F)(F)F. The van der Waals surface area contributed by atoms with Gasteiger partial charge in [-0.2, -0.15) is 18.2 Å². The van der Waals surface area contributed by atoms with E-state index < -0.39 is 11.7 Å². The summed E-state index contributed by atoms with van der Waals surface area (Å²) in [5.41, 5.74) is -0.604. The highest BCUT2D eigenvalue weighted by Gasteiger charge is 2.35. The van der Waals surface area contributed by atoms with E-state index in [4.69, 9.17) is 9.26 Å². The van der Waals surface area contributed by atoms with Crippen molar-refractivity contribution in [3.05, 3.63) is 41.8 Å². The highest BCUT2D eigenvalue weighted by molar-refractivity contribution is 5.59. The number of alkyl halides is 3. The number of benzene rings is 1. The molecule has 3 rings (SSSR count). The fourth-order valence-corrected chi connectivity index (χ4v) is 3.24. The molecule has 158 valence electrons. The normalized spacial score (nSPS) is 17.3. The van der Waals surface area contributed by atoms with E-state index in [0.717, 1.165) is 51.1 Å². The van der Waals surface area contributed by atoms with Crippen molar-refractivity contribution >= 4 is 0 Å². The summed E-state index contributed by atoms with van der Waals surface area (Å²) in [6.45, 7) is 3.07. The number of halogens is 3. The molecule has 1 aromatic carbocycles. The van der Waals surface area contributed by atoms with E-state index in [1.54, 1.807) is 6.08 Å². The molecule has 5 nitrogen and oxygen atoms in total. The Labute approximate surface area is 168 Å². The second kappa shape index (κ2) is 9.91. The Hall–Kier alpha value is -2.35. The molecule has 1 aromatic heterocycles. The average molecular weight is 409 g/mol. The number of nitrogens with zero attached hydrogens (tertiary/aromatic N) is 2. The zero-order valence-corrected chi connectivity index (χ0v) is 16.5. The zero-order valence-electron chi connectivity index (χ0n) is 16.5. The minimum atomic E-state index is -4.55. The Morgan fingerprint density at radius 3 is 2.86 bits per heavy atom. The Kier molecular flexibility index (Phi) is 7.30. The third-order valence-electron chi connectivity index (χ3n) is 4.82. The van der Waals surface area contributed by atoms with Gasteiger partial charge in [-0.05, 0) is 50.4 Å². The van der Waals surface area contributed by atoms with E-state index in [-0.39, 0.29) is 29.8 Å². The molecule has 1 fully saturated rings. The van der Waals surface area contributed by atoms with Crippen LogP contribution in [0.1, 0.15) is 62.9 Å². The molecule has 1 aliphatic rings. The van der Waals surface area contributed by atoms with Gasteiger partial charge in [0.15, 0.2) is 0 Å². The molecule has 0 saturated carbocycles. The molecular formula is C21H26F3N3O2. The molecule has 29 heavy (non-hydrogen) atoms. The highest BCUT2D eigenvalue weighted by Crippen LogP contribution is 2.38. The van der Waals surface area contributed by atoms with Crippen molar-refractivity contribution in [2.24, 2.45) is 0 Å². The van der Waals surface area contributed by atoms with Gasteiger partial charge in [-0.15, -0.1) is 0 Å². The molecule has 1 saturated heterocycles. The lowest BCUT2D eigenvalue weighted by atomic mass is 10.1. The maximum Gasteiger partial charge on any atom is 0.419 e. The maximum atomic E-state index is 13.5. The molecule has 1 aliphatic heterocycles. The lowest BCUT2D eigenvalue weighted by Crippen LogP contribution is -2.13. The predicted molar refractivity (Wildman–Crippen MR) is 103 cm³/mol. The van der Waals surface area contributed by atoms with Crippen molar-refractivity contribution in [3.63, 3.8) is 0 Å². The van der Waals surface area contributed by atoms with Gasteiger partial charge in [0.05, 0.1) is 11.6 Å². The van der Waals surface area contributed by atoms with Gasteiger partial charge in [-0.1, -0.05) is 37.1 Å². The van der Waals surface area contributed by atoms with E-state index in [2.05, 4.69) is 22.4 Å². The molecule has 8 heteroatoms. The molecule has 2 aromatic rings. The van der Waals surface area contributed by atoms with Gasteiger partial charge in [-0.3, -0.25) is 0 Å². The van der Waals surface area contributed by atoms with Crippen molar-refractivity contribution in [2.45, 2.75) is 57.7 Å². The third kappa shape index (κ3) is 5.82. The van der Waals surface area contributed by atoms with Crippen LogP contribution in [0.3, 0.4) is 0 Å². The summed E-state index contributed by atoms with van der Waals surface area (Å²) >= 11 is 0. The van der Waals surface area contributed by atoms with Gasteiger partial charge in [0.1, 0.15) is 12.4 Å². The largest absolute Gasteiger partial charge is 0.489 e. The molecule has 1 unspecified atom stereocenters. The number of hydrogen-bond donors (Lipinski definition) is 1. The maximum absolute atomic E-state index is 13.5. The summed E-state index contributed by atoms with van der Waals surface area (Å²) in [6.07, 6.45) is 5.25. The molecule has 1 N–H and O–H groups in total. The first-order valence-corrected chi connectivity index (χ1v) is 10.1. The van der Waals surface area contributed by atoms with E-state index >= 15 is 0 Å². The molecule has 0 radical (unpaired) electrons. The number of aromatic nitrogens is 2. The molecule has 0 amide bonds. The summed E-state index contributed by atoms with van der Waals surface area (Å²) in [4.78, 5) is 4.27. The average Bonchev–Trinajstić information content (AvgIpc) is 3.38. The number of unbranched alkanes of at least 4 members (excludes halogenated alkanes) is 3. The number of nitrogens with one attached hydrogen (secondary N) is 1. The first-order valence-electron chi connectivity index (χ1n) is 10.1. The molecule has 0 spiro atoms. The van der Waals surface area contributed by atoms with Crippen LogP contribution in [0.15, 0.2) is 34.9 Å². The van der Waals surface area contributed by atoms with Crippen molar-refractivity contribution in [1.29, 1.82) is 0 Å². The van der Waals surface area contributed by atoms with Crippen LogP contribution >= 0.6 is 0 Å². The number of ether oxygens (including phenoxy) is 1. The van der Waals surface area contributed by atoms with Crippen LogP contribution in [0.25, 0.3) is 11.4 Å². The standard InChI is InChI=1S/C21H26F3N3O2/c1-2-3-4-5-6-7-13-28-18-11-10-15(14-16(18)21(22,23)24)19-26-20(29-27-19)17-9-8-12-25-17/h6-7,10-11,14,17,25H,2-5,8-9,12-13H2,1H3/b7-6+. The quantitative estimate of drug-likeness (QED) is 0.426.